The summed E-state index contributed by atoms with van der Waals surface area (Å²) in [5.74, 6) is 1.20. The summed E-state index contributed by atoms with van der Waals surface area (Å²) >= 11 is 1.95. The van der Waals surface area contributed by atoms with Crippen LogP contribution in [0.3, 0.4) is 0 Å². The number of hydrogen-bond donors (Lipinski definition) is 1. The van der Waals surface area contributed by atoms with Gasteiger partial charge < -0.3 is 5.73 Å². The van der Waals surface area contributed by atoms with Crippen LogP contribution >= 0.6 is 11.8 Å². The lowest BCUT2D eigenvalue weighted by atomic mass is 10.0. The Bertz CT molecular complexity index is 344. The molecule has 0 atom stereocenters. The summed E-state index contributed by atoms with van der Waals surface area (Å²) in [5, 5.41) is 0. The lowest BCUT2D eigenvalue weighted by Gasteiger charge is -2.18. The van der Waals surface area contributed by atoms with Crippen LogP contribution in [-0.4, -0.2) is 12.3 Å². The van der Waals surface area contributed by atoms with E-state index in [0.29, 0.717) is 0 Å². The zero-order valence-electron chi connectivity index (χ0n) is 8.20. The Kier molecular flexibility index (Phi) is 3.27. The number of rotatable bonds is 2. The summed E-state index contributed by atoms with van der Waals surface area (Å²) in [6.45, 7) is 0.749. The Balaban J connectivity index is 2.31. The SMILES string of the molecule is NCCC=C1CCSc2ccccc21. The van der Waals surface area contributed by atoms with Crippen LogP contribution in [0.4, 0.5) is 0 Å². The van der Waals surface area contributed by atoms with Crippen molar-refractivity contribution in [2.45, 2.75) is 17.7 Å². The van der Waals surface area contributed by atoms with Gasteiger partial charge >= 0.3 is 0 Å². The fourth-order valence-corrected chi connectivity index (χ4v) is 2.80. The van der Waals surface area contributed by atoms with Crippen LogP contribution in [0.2, 0.25) is 0 Å². The van der Waals surface area contributed by atoms with Crippen LogP contribution in [0.15, 0.2) is 35.2 Å². The molecule has 14 heavy (non-hydrogen) atoms. The minimum absolute atomic E-state index is 0.749. The summed E-state index contributed by atoms with van der Waals surface area (Å²) < 4.78 is 0. The minimum atomic E-state index is 0.749. The molecule has 2 N–H and O–H groups in total. The van der Waals surface area contributed by atoms with Crippen molar-refractivity contribution in [3.63, 3.8) is 0 Å². The topological polar surface area (TPSA) is 26.0 Å². The van der Waals surface area contributed by atoms with Gasteiger partial charge in [-0.15, -0.1) is 11.8 Å². The summed E-state index contributed by atoms with van der Waals surface area (Å²) in [5.41, 5.74) is 8.41. The number of hydrogen-bond acceptors (Lipinski definition) is 2. The molecule has 2 heteroatoms. The van der Waals surface area contributed by atoms with Gasteiger partial charge in [0.2, 0.25) is 0 Å². The molecule has 1 aliphatic rings. The Morgan fingerprint density at radius 2 is 2.21 bits per heavy atom. The van der Waals surface area contributed by atoms with E-state index in [1.54, 1.807) is 0 Å². The predicted molar refractivity (Wildman–Crippen MR) is 63.4 cm³/mol. The molecule has 0 aromatic heterocycles. The van der Waals surface area contributed by atoms with Crippen LogP contribution in [0.5, 0.6) is 0 Å². The predicted octanol–water partition coefficient (Wildman–Crippen LogP) is 2.91. The number of fused-ring (bicyclic) bond motifs is 1. The van der Waals surface area contributed by atoms with E-state index in [1.165, 1.54) is 28.2 Å². The van der Waals surface area contributed by atoms with Crippen molar-refractivity contribution < 1.29 is 0 Å². The van der Waals surface area contributed by atoms with Crippen molar-refractivity contribution in [1.29, 1.82) is 0 Å². The Morgan fingerprint density at radius 3 is 3.07 bits per heavy atom. The largest absolute Gasteiger partial charge is 0.330 e. The molecule has 0 saturated heterocycles. The molecule has 0 aliphatic carbocycles. The van der Waals surface area contributed by atoms with Crippen LogP contribution in [0.25, 0.3) is 5.57 Å². The zero-order chi connectivity index (χ0) is 9.80. The maximum Gasteiger partial charge on any atom is 0.0147 e. The normalized spacial score (nSPS) is 18.2. The first-order valence-corrected chi connectivity index (χ1v) is 6.01. The molecule has 0 unspecified atom stereocenters. The van der Waals surface area contributed by atoms with Crippen molar-refractivity contribution in [3.05, 3.63) is 35.9 Å². The molecule has 0 bridgehead atoms. The highest BCUT2D eigenvalue weighted by Gasteiger charge is 2.12. The lowest BCUT2D eigenvalue weighted by Crippen LogP contribution is -2.00. The van der Waals surface area contributed by atoms with Crippen LogP contribution < -0.4 is 5.73 Å². The van der Waals surface area contributed by atoms with Crippen LogP contribution in [0, 0.1) is 0 Å². The van der Waals surface area contributed by atoms with Gasteiger partial charge in [0.25, 0.3) is 0 Å². The molecule has 1 aromatic rings. The summed E-state index contributed by atoms with van der Waals surface area (Å²) in [7, 11) is 0. The van der Waals surface area contributed by atoms with E-state index in [1.807, 2.05) is 11.8 Å². The Hall–Kier alpha value is -0.730. The first-order valence-electron chi connectivity index (χ1n) is 5.03. The smallest absolute Gasteiger partial charge is 0.0147 e. The van der Waals surface area contributed by atoms with Gasteiger partial charge in [-0.3, -0.25) is 0 Å². The molecular formula is C12H15NS. The summed E-state index contributed by atoms with van der Waals surface area (Å²) in [4.78, 5) is 1.42. The number of allylic oxidation sites excluding steroid dienone is 1. The number of nitrogens with two attached hydrogens (primary N) is 1. The molecule has 1 nitrogen and oxygen atoms in total. The van der Waals surface area contributed by atoms with Crippen molar-refractivity contribution in [3.8, 4) is 0 Å². The second-order valence-corrected chi connectivity index (χ2v) is 4.54. The molecule has 1 aromatic carbocycles. The van der Waals surface area contributed by atoms with E-state index < -0.39 is 0 Å². The molecule has 0 saturated carbocycles. The molecule has 1 heterocycles. The molecule has 0 amide bonds. The average Bonchev–Trinajstić information content (AvgIpc) is 2.26. The molecule has 0 spiro atoms. The molecule has 0 fully saturated rings. The van der Waals surface area contributed by atoms with Gasteiger partial charge in [-0.2, -0.15) is 0 Å². The average molecular weight is 205 g/mol. The van der Waals surface area contributed by atoms with Crippen molar-refractivity contribution in [2.24, 2.45) is 5.73 Å². The van der Waals surface area contributed by atoms with Crippen molar-refractivity contribution in [1.82, 2.24) is 0 Å². The summed E-state index contributed by atoms with van der Waals surface area (Å²) in [6.07, 6.45) is 4.47. The fourth-order valence-electron chi connectivity index (χ4n) is 1.73. The van der Waals surface area contributed by atoms with Gasteiger partial charge in [0.15, 0.2) is 0 Å². The standard InChI is InChI=1S/C12H15NS/c13-8-3-4-10-7-9-14-12-6-2-1-5-11(10)12/h1-2,4-6H,3,7-9,13H2. The van der Waals surface area contributed by atoms with E-state index in [-0.39, 0.29) is 0 Å². The Labute approximate surface area is 89.4 Å². The second-order valence-electron chi connectivity index (χ2n) is 3.40. The van der Waals surface area contributed by atoms with E-state index in [2.05, 4.69) is 30.3 Å². The highest BCUT2D eigenvalue weighted by Crippen LogP contribution is 2.36. The van der Waals surface area contributed by atoms with E-state index in [0.717, 1.165) is 13.0 Å². The summed E-state index contributed by atoms with van der Waals surface area (Å²) in [6, 6.07) is 8.64. The third-order valence-corrected chi connectivity index (χ3v) is 3.49. The second kappa shape index (κ2) is 4.67. The first-order chi connectivity index (χ1) is 6.92. The fraction of sp³-hybridized carbons (Fsp3) is 0.333. The van der Waals surface area contributed by atoms with Gasteiger partial charge in [-0.05, 0) is 36.6 Å². The molecular weight excluding hydrogens is 190 g/mol. The van der Waals surface area contributed by atoms with E-state index in [9.17, 15) is 0 Å². The number of benzene rings is 1. The third kappa shape index (κ3) is 2.02. The van der Waals surface area contributed by atoms with Crippen molar-refractivity contribution in [2.75, 3.05) is 12.3 Å². The molecule has 1 aliphatic heterocycles. The highest BCUT2D eigenvalue weighted by atomic mass is 32.2. The van der Waals surface area contributed by atoms with E-state index in [4.69, 9.17) is 5.73 Å². The molecule has 74 valence electrons. The van der Waals surface area contributed by atoms with Gasteiger partial charge in [-0.1, -0.05) is 24.3 Å². The lowest BCUT2D eigenvalue weighted by molar-refractivity contribution is 1.00. The number of thioether (sulfide) groups is 1. The first kappa shape index (κ1) is 9.81. The van der Waals surface area contributed by atoms with Gasteiger partial charge in [-0.25, -0.2) is 0 Å². The van der Waals surface area contributed by atoms with Gasteiger partial charge in [0.1, 0.15) is 0 Å². The maximum atomic E-state index is 5.52. The molecule has 2 rings (SSSR count). The monoisotopic (exact) mass is 205 g/mol. The van der Waals surface area contributed by atoms with Crippen LogP contribution in [-0.2, 0) is 0 Å². The van der Waals surface area contributed by atoms with E-state index >= 15 is 0 Å². The van der Waals surface area contributed by atoms with Gasteiger partial charge in [0.05, 0.1) is 0 Å². The third-order valence-electron chi connectivity index (χ3n) is 2.42. The minimum Gasteiger partial charge on any atom is -0.330 e. The zero-order valence-corrected chi connectivity index (χ0v) is 9.02. The van der Waals surface area contributed by atoms with Crippen molar-refractivity contribution >= 4 is 17.3 Å². The molecule has 0 radical (unpaired) electrons. The quantitative estimate of drug-likeness (QED) is 0.803. The van der Waals surface area contributed by atoms with Gasteiger partial charge in [0, 0.05) is 10.6 Å². The Morgan fingerprint density at radius 1 is 1.36 bits per heavy atom. The maximum absolute atomic E-state index is 5.52. The van der Waals surface area contributed by atoms with Crippen LogP contribution in [0.1, 0.15) is 18.4 Å². The highest BCUT2D eigenvalue weighted by molar-refractivity contribution is 7.99.